The molecule has 0 N–H and O–H groups in total. The number of rotatable bonds is 12. The Labute approximate surface area is 182 Å². The Kier molecular flexibility index (Phi) is 10.3. The van der Waals surface area contributed by atoms with Crippen molar-refractivity contribution in [3.8, 4) is 0 Å². The minimum absolute atomic E-state index is 1.74. The largest absolute Gasteiger partial charge is 0.548 e. The van der Waals surface area contributed by atoms with Gasteiger partial charge in [0.2, 0.25) is 0 Å². The van der Waals surface area contributed by atoms with Crippen LogP contribution in [0.5, 0.6) is 0 Å². The van der Waals surface area contributed by atoms with E-state index < -0.39 is 60.2 Å². The van der Waals surface area contributed by atoms with Crippen LogP contribution in [0.3, 0.4) is 0 Å². The standard InChI is InChI=1S/C15H45O6Si7/c1-23(2,3)19-26(10,11)16-22(17-27(12,13)20-24(4,5)6)18-28(14,15)21-25(7,8)9/h1-15H3. The van der Waals surface area contributed by atoms with Crippen molar-refractivity contribution in [3.05, 3.63) is 0 Å². The predicted octanol–water partition coefficient (Wildman–Crippen LogP) is 5.68. The van der Waals surface area contributed by atoms with E-state index in [9.17, 15) is 0 Å². The Hall–Kier alpha value is 1.28. The van der Waals surface area contributed by atoms with Gasteiger partial charge in [0, 0.05) is 0 Å². The van der Waals surface area contributed by atoms with Gasteiger partial charge in [0.25, 0.3) is 0 Å². The first-order valence-corrected chi connectivity index (χ1v) is 29.8. The van der Waals surface area contributed by atoms with Crippen molar-refractivity contribution in [1.29, 1.82) is 0 Å². The highest BCUT2D eigenvalue weighted by molar-refractivity contribution is 6.88. The van der Waals surface area contributed by atoms with Gasteiger partial charge in [0.1, 0.15) is 0 Å². The van der Waals surface area contributed by atoms with Crippen molar-refractivity contribution in [2.75, 3.05) is 0 Å². The average Bonchev–Trinajstić information content (AvgIpc) is 2.12. The van der Waals surface area contributed by atoms with Crippen molar-refractivity contribution in [2.45, 2.75) is 98.2 Å². The highest BCUT2D eigenvalue weighted by Gasteiger charge is 2.46. The van der Waals surface area contributed by atoms with Crippen LogP contribution in [0, 0.1) is 0 Å². The number of hydrogen-bond acceptors (Lipinski definition) is 6. The normalized spacial score (nSPS) is 15.4. The summed E-state index contributed by atoms with van der Waals surface area (Å²) in [4.78, 5) is 0. The molecular formula is C15H45O6Si7. The molecule has 0 aromatic heterocycles. The summed E-state index contributed by atoms with van der Waals surface area (Å²) in [6.45, 7) is 32.1. The van der Waals surface area contributed by atoms with Gasteiger partial charge >= 0.3 is 35.2 Å². The van der Waals surface area contributed by atoms with Crippen LogP contribution in [0.25, 0.3) is 0 Å². The van der Waals surface area contributed by atoms with E-state index in [1.54, 1.807) is 0 Å². The molecule has 0 heterocycles. The van der Waals surface area contributed by atoms with Crippen molar-refractivity contribution < 1.29 is 24.7 Å². The predicted molar refractivity (Wildman–Crippen MR) is 135 cm³/mol. The minimum atomic E-state index is -2.41. The van der Waals surface area contributed by atoms with Gasteiger partial charge in [0.15, 0.2) is 25.0 Å². The third kappa shape index (κ3) is 16.0. The smallest absolute Gasteiger partial charge is 0.437 e. The van der Waals surface area contributed by atoms with E-state index in [4.69, 9.17) is 24.7 Å². The van der Waals surface area contributed by atoms with Crippen molar-refractivity contribution in [2.24, 2.45) is 0 Å². The summed E-state index contributed by atoms with van der Waals surface area (Å²) in [5.74, 6) is 0. The Morgan fingerprint density at radius 3 is 0.679 bits per heavy atom. The molecule has 13 heteroatoms. The summed E-state index contributed by atoms with van der Waals surface area (Å²) >= 11 is 0. The molecule has 6 nitrogen and oxygen atoms in total. The van der Waals surface area contributed by atoms with Crippen LogP contribution in [0.4, 0.5) is 0 Å². The van der Waals surface area contributed by atoms with Crippen LogP contribution in [0.15, 0.2) is 0 Å². The fraction of sp³-hybridized carbons (Fsp3) is 1.00. The summed E-state index contributed by atoms with van der Waals surface area (Å²) in [7, 11) is -14.5. The van der Waals surface area contributed by atoms with E-state index in [2.05, 4.69) is 98.2 Å². The molecule has 0 atom stereocenters. The zero-order valence-electron chi connectivity index (χ0n) is 20.9. The average molecular weight is 518 g/mol. The Balaban J connectivity index is 5.54. The van der Waals surface area contributed by atoms with Crippen LogP contribution >= 0.6 is 0 Å². The first-order chi connectivity index (χ1) is 11.9. The molecule has 0 aliphatic heterocycles. The van der Waals surface area contributed by atoms with Gasteiger partial charge in [-0.05, 0) is 98.2 Å². The lowest BCUT2D eigenvalue weighted by Gasteiger charge is -2.39. The molecule has 28 heavy (non-hydrogen) atoms. The van der Waals surface area contributed by atoms with Gasteiger partial charge in [0.05, 0.1) is 0 Å². The summed E-state index contributed by atoms with van der Waals surface area (Å²) in [6, 6.07) is 0. The first-order valence-electron chi connectivity index (χ1n) is 9.95. The minimum Gasteiger partial charge on any atom is -0.437 e. The van der Waals surface area contributed by atoms with Gasteiger partial charge in [-0.15, -0.1) is 0 Å². The molecule has 0 rings (SSSR count). The Bertz CT molecular complexity index is 423. The van der Waals surface area contributed by atoms with Gasteiger partial charge < -0.3 is 24.7 Å². The lowest BCUT2D eigenvalue weighted by Crippen LogP contribution is -2.58. The highest BCUT2D eigenvalue weighted by Crippen LogP contribution is 2.24. The molecule has 0 bridgehead atoms. The maximum atomic E-state index is 6.46. The van der Waals surface area contributed by atoms with E-state index in [0.29, 0.717) is 0 Å². The van der Waals surface area contributed by atoms with Crippen molar-refractivity contribution in [3.63, 3.8) is 0 Å². The lowest BCUT2D eigenvalue weighted by atomic mass is 11.8. The number of hydrogen-bond donors (Lipinski definition) is 0. The molecule has 0 aliphatic rings. The Morgan fingerprint density at radius 1 is 0.357 bits per heavy atom. The van der Waals surface area contributed by atoms with Crippen LogP contribution in [0.2, 0.25) is 98.2 Å². The molecule has 0 fully saturated rings. The van der Waals surface area contributed by atoms with E-state index in [-0.39, 0.29) is 0 Å². The van der Waals surface area contributed by atoms with Crippen LogP contribution < -0.4 is 0 Å². The van der Waals surface area contributed by atoms with E-state index in [1.807, 2.05) is 0 Å². The van der Waals surface area contributed by atoms with E-state index in [1.165, 1.54) is 0 Å². The molecule has 0 aromatic carbocycles. The van der Waals surface area contributed by atoms with Gasteiger partial charge in [-0.1, -0.05) is 0 Å². The van der Waals surface area contributed by atoms with E-state index >= 15 is 0 Å². The molecule has 0 saturated carbocycles. The highest BCUT2D eigenvalue weighted by atomic mass is 28.5. The topological polar surface area (TPSA) is 55.4 Å². The maximum Gasteiger partial charge on any atom is 0.548 e. The quantitative estimate of drug-likeness (QED) is 0.310. The molecule has 0 spiro atoms. The van der Waals surface area contributed by atoms with Gasteiger partial charge in [-0.25, -0.2) is 0 Å². The zero-order valence-corrected chi connectivity index (χ0v) is 27.9. The summed E-state index contributed by atoms with van der Waals surface area (Å²) in [5, 5.41) is 0. The maximum absolute atomic E-state index is 6.46. The van der Waals surface area contributed by atoms with Gasteiger partial charge in [-0.2, -0.15) is 0 Å². The Morgan fingerprint density at radius 2 is 0.536 bits per heavy atom. The fourth-order valence-corrected chi connectivity index (χ4v) is 28.7. The summed E-state index contributed by atoms with van der Waals surface area (Å²) < 4.78 is 38.5. The van der Waals surface area contributed by atoms with Crippen molar-refractivity contribution in [1.82, 2.24) is 0 Å². The molecule has 0 aromatic rings. The molecule has 0 saturated heterocycles. The third-order valence-corrected chi connectivity index (χ3v) is 23.8. The summed E-state index contributed by atoms with van der Waals surface area (Å²) in [5.41, 5.74) is 0. The molecule has 169 valence electrons. The van der Waals surface area contributed by atoms with Crippen LogP contribution in [0.1, 0.15) is 0 Å². The van der Waals surface area contributed by atoms with Gasteiger partial charge in [-0.3, -0.25) is 0 Å². The SMILES string of the molecule is C[Si](C)(C)O[Si](C)(C)O[Si](O[Si](C)(C)O[Si](C)(C)C)O[Si](C)(C)O[Si](C)(C)C. The molecule has 1 radical (unpaired) electrons. The zero-order chi connectivity index (χ0) is 22.8. The monoisotopic (exact) mass is 517 g/mol. The molecule has 0 aliphatic carbocycles. The second-order valence-electron chi connectivity index (χ2n) is 11.4. The fourth-order valence-electron chi connectivity index (χ4n) is 2.94. The van der Waals surface area contributed by atoms with Crippen LogP contribution in [-0.4, -0.2) is 60.2 Å². The molecule has 0 amide bonds. The second-order valence-corrected chi connectivity index (χ2v) is 37.9. The second kappa shape index (κ2) is 9.82. The molecule has 0 unspecified atom stereocenters. The summed E-state index contributed by atoms with van der Waals surface area (Å²) in [6.07, 6.45) is 0. The third-order valence-electron chi connectivity index (χ3n) is 2.64. The lowest BCUT2D eigenvalue weighted by molar-refractivity contribution is 0.227. The van der Waals surface area contributed by atoms with Crippen LogP contribution in [-0.2, 0) is 24.7 Å². The molecular weight excluding hydrogens is 473 g/mol. The van der Waals surface area contributed by atoms with Crippen molar-refractivity contribution >= 4 is 60.2 Å². The van der Waals surface area contributed by atoms with E-state index in [0.717, 1.165) is 0 Å². The first kappa shape index (κ1) is 29.3.